The van der Waals surface area contributed by atoms with Crippen LogP contribution in [-0.2, 0) is 4.74 Å². The summed E-state index contributed by atoms with van der Waals surface area (Å²) < 4.78 is 35.7. The molecule has 24 heavy (non-hydrogen) atoms. The highest BCUT2D eigenvalue weighted by molar-refractivity contribution is 5.93. The van der Waals surface area contributed by atoms with Gasteiger partial charge in [-0.2, -0.15) is 0 Å². The summed E-state index contributed by atoms with van der Waals surface area (Å²) in [4.78, 5) is 25.8. The van der Waals surface area contributed by atoms with E-state index in [0.717, 1.165) is 25.0 Å². The predicted octanol–water partition coefficient (Wildman–Crippen LogP) is 2.86. The quantitative estimate of drug-likeness (QED) is 0.806. The van der Waals surface area contributed by atoms with Crippen LogP contribution in [-0.4, -0.2) is 31.2 Å². The Kier molecular flexibility index (Phi) is 4.03. The normalized spacial score (nSPS) is 14.0. The standard InChI is InChI=1S/C17H18F2N2O3/c1-4-24-17(23)12-8-13(22)10-7-11(18)16(20(2)3)14(19)15(10)21(12)9-5-6-9/h7-9H,4-6H2,1-3H3. The third-order valence-corrected chi connectivity index (χ3v) is 4.05. The molecule has 1 aliphatic rings. The van der Waals surface area contributed by atoms with Crippen molar-refractivity contribution in [3.05, 3.63) is 39.7 Å². The SMILES string of the molecule is CCOC(=O)c1cc(=O)c2cc(F)c(N(C)C)c(F)c2n1C1CC1. The van der Waals surface area contributed by atoms with Crippen molar-refractivity contribution in [1.29, 1.82) is 0 Å². The van der Waals surface area contributed by atoms with Crippen molar-refractivity contribution < 1.29 is 18.3 Å². The largest absolute Gasteiger partial charge is 0.461 e. The molecule has 1 aromatic heterocycles. The van der Waals surface area contributed by atoms with Crippen LogP contribution < -0.4 is 10.3 Å². The van der Waals surface area contributed by atoms with Gasteiger partial charge in [-0.1, -0.05) is 0 Å². The molecular formula is C17H18F2N2O3. The first-order valence-corrected chi connectivity index (χ1v) is 7.78. The van der Waals surface area contributed by atoms with Crippen LogP contribution in [0.15, 0.2) is 16.9 Å². The van der Waals surface area contributed by atoms with Gasteiger partial charge in [-0.15, -0.1) is 0 Å². The Bertz CT molecular complexity index is 886. The monoisotopic (exact) mass is 336 g/mol. The van der Waals surface area contributed by atoms with Crippen molar-refractivity contribution in [3.63, 3.8) is 0 Å². The van der Waals surface area contributed by atoms with Gasteiger partial charge < -0.3 is 14.2 Å². The third kappa shape index (κ3) is 2.53. The summed E-state index contributed by atoms with van der Waals surface area (Å²) in [6.45, 7) is 1.79. The van der Waals surface area contributed by atoms with Crippen molar-refractivity contribution >= 4 is 22.6 Å². The molecule has 0 spiro atoms. The van der Waals surface area contributed by atoms with Gasteiger partial charge in [0.15, 0.2) is 11.2 Å². The van der Waals surface area contributed by atoms with Gasteiger partial charge in [-0.25, -0.2) is 13.6 Å². The van der Waals surface area contributed by atoms with Gasteiger partial charge in [0, 0.05) is 26.2 Å². The molecule has 1 aromatic carbocycles. The van der Waals surface area contributed by atoms with E-state index in [1.807, 2.05) is 0 Å². The molecule has 1 fully saturated rings. The highest BCUT2D eigenvalue weighted by Gasteiger charge is 2.32. The Morgan fingerprint density at radius 1 is 1.33 bits per heavy atom. The number of anilines is 1. The van der Waals surface area contributed by atoms with E-state index in [9.17, 15) is 14.0 Å². The van der Waals surface area contributed by atoms with Crippen LogP contribution in [0.25, 0.3) is 10.9 Å². The average Bonchev–Trinajstić information content (AvgIpc) is 3.32. The van der Waals surface area contributed by atoms with Gasteiger partial charge in [-0.3, -0.25) is 4.79 Å². The number of esters is 1. The Labute approximate surface area is 137 Å². The minimum Gasteiger partial charge on any atom is -0.461 e. The Balaban J connectivity index is 2.43. The second-order valence-electron chi connectivity index (χ2n) is 6.03. The number of ether oxygens (including phenoxy) is 1. The number of benzene rings is 1. The molecule has 0 atom stereocenters. The van der Waals surface area contributed by atoms with Gasteiger partial charge >= 0.3 is 5.97 Å². The Morgan fingerprint density at radius 2 is 2.00 bits per heavy atom. The molecule has 1 aliphatic carbocycles. The van der Waals surface area contributed by atoms with Gasteiger partial charge in [0.1, 0.15) is 17.2 Å². The van der Waals surface area contributed by atoms with E-state index in [4.69, 9.17) is 4.74 Å². The first kappa shape index (κ1) is 16.4. The summed E-state index contributed by atoms with van der Waals surface area (Å²) in [5, 5.41) is -0.0736. The molecule has 0 unspecified atom stereocenters. The van der Waals surface area contributed by atoms with Crippen molar-refractivity contribution in [2.45, 2.75) is 25.8 Å². The fraction of sp³-hybridized carbons (Fsp3) is 0.412. The highest BCUT2D eigenvalue weighted by Crippen LogP contribution is 2.40. The Hall–Kier alpha value is -2.44. The fourth-order valence-electron chi connectivity index (χ4n) is 2.90. The zero-order valence-electron chi connectivity index (χ0n) is 13.7. The summed E-state index contributed by atoms with van der Waals surface area (Å²) in [6.07, 6.45) is 1.52. The molecule has 7 heteroatoms. The first-order chi connectivity index (χ1) is 11.4. The number of fused-ring (bicyclic) bond motifs is 1. The second-order valence-corrected chi connectivity index (χ2v) is 6.03. The predicted molar refractivity (Wildman–Crippen MR) is 86.7 cm³/mol. The number of halogens is 2. The molecule has 0 radical (unpaired) electrons. The molecule has 3 rings (SSSR count). The van der Waals surface area contributed by atoms with Gasteiger partial charge in [0.25, 0.3) is 0 Å². The molecule has 0 aliphatic heterocycles. The molecule has 1 saturated carbocycles. The van der Waals surface area contributed by atoms with E-state index in [0.29, 0.717) is 0 Å². The number of aromatic nitrogens is 1. The number of hydrogen-bond donors (Lipinski definition) is 0. The molecule has 5 nitrogen and oxygen atoms in total. The molecule has 1 heterocycles. The second kappa shape index (κ2) is 5.89. The van der Waals surface area contributed by atoms with Gasteiger partial charge in [0.05, 0.1) is 17.5 Å². The summed E-state index contributed by atoms with van der Waals surface area (Å²) in [5.74, 6) is -2.34. The summed E-state index contributed by atoms with van der Waals surface area (Å²) in [5.41, 5.74) is -0.879. The number of hydrogen-bond acceptors (Lipinski definition) is 4. The third-order valence-electron chi connectivity index (χ3n) is 4.05. The van der Waals surface area contributed by atoms with E-state index in [2.05, 4.69) is 0 Å². The van der Waals surface area contributed by atoms with Crippen molar-refractivity contribution in [2.75, 3.05) is 25.6 Å². The lowest BCUT2D eigenvalue weighted by atomic mass is 10.1. The van der Waals surface area contributed by atoms with Crippen molar-refractivity contribution in [2.24, 2.45) is 0 Å². The topological polar surface area (TPSA) is 51.5 Å². The number of carbonyl (C=O) groups excluding carboxylic acids is 1. The molecule has 0 amide bonds. The first-order valence-electron chi connectivity index (χ1n) is 7.78. The lowest BCUT2D eigenvalue weighted by molar-refractivity contribution is 0.0513. The van der Waals surface area contributed by atoms with Crippen LogP contribution in [0.5, 0.6) is 0 Å². The number of nitrogens with zero attached hydrogens (tertiary/aromatic N) is 2. The number of carbonyl (C=O) groups is 1. The molecule has 128 valence electrons. The van der Waals surface area contributed by atoms with Crippen LogP contribution in [0, 0.1) is 11.6 Å². The van der Waals surface area contributed by atoms with Crippen LogP contribution in [0.1, 0.15) is 36.3 Å². The highest BCUT2D eigenvalue weighted by atomic mass is 19.1. The minimum absolute atomic E-state index is 0.00654. The maximum atomic E-state index is 15.0. The maximum Gasteiger partial charge on any atom is 0.355 e. The van der Waals surface area contributed by atoms with Crippen LogP contribution in [0.2, 0.25) is 0 Å². The number of pyridine rings is 1. The smallest absolute Gasteiger partial charge is 0.355 e. The summed E-state index contributed by atoms with van der Waals surface area (Å²) >= 11 is 0. The van der Waals surface area contributed by atoms with E-state index < -0.39 is 23.0 Å². The van der Waals surface area contributed by atoms with Crippen LogP contribution in [0.3, 0.4) is 0 Å². The summed E-state index contributed by atoms with van der Waals surface area (Å²) in [7, 11) is 3.03. The fourth-order valence-corrected chi connectivity index (χ4v) is 2.90. The lowest BCUT2D eigenvalue weighted by Gasteiger charge is -2.20. The van der Waals surface area contributed by atoms with Crippen molar-refractivity contribution in [1.82, 2.24) is 4.57 Å². The molecule has 0 N–H and O–H groups in total. The summed E-state index contributed by atoms with van der Waals surface area (Å²) in [6, 6.07) is 2.04. The van der Waals surface area contributed by atoms with E-state index in [-0.39, 0.29) is 34.9 Å². The minimum atomic E-state index is -0.842. The van der Waals surface area contributed by atoms with Gasteiger partial charge in [0.2, 0.25) is 0 Å². The van der Waals surface area contributed by atoms with E-state index in [1.54, 1.807) is 6.92 Å². The van der Waals surface area contributed by atoms with Crippen LogP contribution in [0.4, 0.5) is 14.5 Å². The zero-order chi connectivity index (χ0) is 17.6. The molecule has 0 bridgehead atoms. The molecule has 2 aromatic rings. The Morgan fingerprint density at radius 3 is 2.54 bits per heavy atom. The van der Waals surface area contributed by atoms with Crippen molar-refractivity contribution in [3.8, 4) is 0 Å². The van der Waals surface area contributed by atoms with E-state index >= 15 is 4.39 Å². The van der Waals surface area contributed by atoms with Crippen LogP contribution >= 0.6 is 0 Å². The maximum absolute atomic E-state index is 15.0. The average molecular weight is 336 g/mol. The zero-order valence-corrected chi connectivity index (χ0v) is 13.7. The number of rotatable bonds is 4. The molecular weight excluding hydrogens is 318 g/mol. The lowest BCUT2D eigenvalue weighted by Crippen LogP contribution is -2.22. The van der Waals surface area contributed by atoms with Gasteiger partial charge in [-0.05, 0) is 25.8 Å². The van der Waals surface area contributed by atoms with E-state index in [1.165, 1.54) is 23.6 Å². The molecule has 0 saturated heterocycles.